The second-order valence-corrected chi connectivity index (χ2v) is 7.81. The van der Waals surface area contributed by atoms with Gasteiger partial charge in [-0.3, -0.25) is 9.20 Å². The molecule has 3 aromatic heterocycles. The van der Waals surface area contributed by atoms with Crippen LogP contribution in [0.1, 0.15) is 29.4 Å². The predicted octanol–water partition coefficient (Wildman–Crippen LogP) is 3.94. The average Bonchev–Trinajstić information content (AvgIpc) is 3.29. The predicted molar refractivity (Wildman–Crippen MR) is 112 cm³/mol. The van der Waals surface area contributed by atoms with Crippen molar-refractivity contribution in [1.82, 2.24) is 19.9 Å². The van der Waals surface area contributed by atoms with E-state index in [-0.39, 0.29) is 18.4 Å². The van der Waals surface area contributed by atoms with Crippen LogP contribution in [0.5, 0.6) is 0 Å². The lowest BCUT2D eigenvalue weighted by molar-refractivity contribution is -0.121. The summed E-state index contributed by atoms with van der Waals surface area (Å²) in [6, 6.07) is 11.6. The third-order valence-corrected chi connectivity index (χ3v) is 5.40. The highest BCUT2D eigenvalue weighted by molar-refractivity contribution is 7.98. The third-order valence-electron chi connectivity index (χ3n) is 4.76. The molecule has 0 radical (unpaired) electrons. The molecule has 1 N–H and O–H groups in total. The Kier molecular flexibility index (Phi) is 5.34. The van der Waals surface area contributed by atoms with Gasteiger partial charge in [0.05, 0.1) is 18.7 Å². The zero-order chi connectivity index (χ0) is 19.5. The van der Waals surface area contributed by atoms with Crippen LogP contribution in [0.25, 0.3) is 16.6 Å². The van der Waals surface area contributed by atoms with Crippen molar-refractivity contribution >= 4 is 34.3 Å². The first kappa shape index (κ1) is 18.6. The minimum atomic E-state index is -0.197. The highest BCUT2D eigenvalue weighted by atomic mass is 32.2. The normalized spacial score (nSPS) is 12.5. The first-order chi connectivity index (χ1) is 13.7. The Balaban J connectivity index is 1.55. The van der Waals surface area contributed by atoms with Crippen LogP contribution in [-0.2, 0) is 11.2 Å². The first-order valence-corrected chi connectivity index (χ1v) is 10.6. The standard InChI is InChI=1S/C21H22N4O2S/c1-14-6-7-16-15(13-27-18(16)11-14)12-20(26)22-17(8-10-28-2)21-24-23-19-5-3-4-9-25(19)21/h3-7,9,11,13,17H,8,10,12H2,1-2H3,(H,22,26)/t17-/m1/s1. The number of rotatable bonds is 7. The molecule has 0 spiro atoms. The molecule has 4 rings (SSSR count). The van der Waals surface area contributed by atoms with E-state index < -0.39 is 0 Å². The molecule has 0 aliphatic heterocycles. The number of amides is 1. The lowest BCUT2D eigenvalue weighted by Gasteiger charge is -2.17. The maximum absolute atomic E-state index is 12.8. The summed E-state index contributed by atoms with van der Waals surface area (Å²) >= 11 is 1.74. The lowest BCUT2D eigenvalue weighted by atomic mass is 10.1. The highest BCUT2D eigenvalue weighted by Gasteiger charge is 2.21. The number of benzene rings is 1. The monoisotopic (exact) mass is 394 g/mol. The van der Waals surface area contributed by atoms with Gasteiger partial charge in [0.25, 0.3) is 0 Å². The van der Waals surface area contributed by atoms with Crippen molar-refractivity contribution in [2.24, 2.45) is 0 Å². The molecule has 0 fully saturated rings. The van der Waals surface area contributed by atoms with Crippen LogP contribution in [-0.4, -0.2) is 32.5 Å². The average molecular weight is 395 g/mol. The summed E-state index contributed by atoms with van der Waals surface area (Å²) < 4.78 is 7.55. The molecular formula is C21H22N4O2S. The number of thioether (sulfide) groups is 1. The molecular weight excluding hydrogens is 372 g/mol. The second-order valence-electron chi connectivity index (χ2n) is 6.83. The van der Waals surface area contributed by atoms with Gasteiger partial charge in [0.2, 0.25) is 5.91 Å². The van der Waals surface area contributed by atoms with Crippen molar-refractivity contribution in [2.75, 3.05) is 12.0 Å². The highest BCUT2D eigenvalue weighted by Crippen LogP contribution is 2.23. The smallest absolute Gasteiger partial charge is 0.225 e. The molecule has 28 heavy (non-hydrogen) atoms. The number of hydrogen-bond acceptors (Lipinski definition) is 5. The summed E-state index contributed by atoms with van der Waals surface area (Å²) in [5, 5.41) is 12.7. The van der Waals surface area contributed by atoms with Gasteiger partial charge in [-0.05, 0) is 49.1 Å². The van der Waals surface area contributed by atoms with Crippen molar-refractivity contribution in [1.29, 1.82) is 0 Å². The Morgan fingerprint density at radius 1 is 1.29 bits per heavy atom. The molecule has 1 atom stereocenters. The van der Waals surface area contributed by atoms with Gasteiger partial charge < -0.3 is 9.73 Å². The van der Waals surface area contributed by atoms with Crippen LogP contribution in [0.3, 0.4) is 0 Å². The van der Waals surface area contributed by atoms with Gasteiger partial charge in [0.1, 0.15) is 5.58 Å². The molecule has 0 bridgehead atoms. The number of nitrogens with zero attached hydrogens (tertiary/aromatic N) is 3. The van der Waals surface area contributed by atoms with Crippen LogP contribution in [0, 0.1) is 6.92 Å². The maximum atomic E-state index is 12.8. The van der Waals surface area contributed by atoms with Gasteiger partial charge in [-0.2, -0.15) is 11.8 Å². The van der Waals surface area contributed by atoms with Crippen LogP contribution in [0.15, 0.2) is 53.3 Å². The van der Waals surface area contributed by atoms with E-state index in [9.17, 15) is 4.79 Å². The molecule has 3 heterocycles. The maximum Gasteiger partial charge on any atom is 0.225 e. The Bertz CT molecular complexity index is 1120. The van der Waals surface area contributed by atoms with E-state index in [1.807, 2.05) is 53.9 Å². The van der Waals surface area contributed by atoms with E-state index in [4.69, 9.17) is 4.42 Å². The number of nitrogens with one attached hydrogen (secondary N) is 1. The molecule has 144 valence electrons. The van der Waals surface area contributed by atoms with Crippen molar-refractivity contribution in [3.8, 4) is 0 Å². The molecule has 0 aliphatic carbocycles. The summed E-state index contributed by atoms with van der Waals surface area (Å²) in [6.07, 6.45) is 6.71. The number of fused-ring (bicyclic) bond motifs is 2. The van der Waals surface area contributed by atoms with E-state index in [0.29, 0.717) is 0 Å². The Labute approximate surface area is 167 Å². The molecule has 7 heteroatoms. The number of pyridine rings is 1. The van der Waals surface area contributed by atoms with Crippen LogP contribution < -0.4 is 5.32 Å². The summed E-state index contributed by atoms with van der Waals surface area (Å²) in [7, 11) is 0. The lowest BCUT2D eigenvalue weighted by Crippen LogP contribution is -2.31. The summed E-state index contributed by atoms with van der Waals surface area (Å²) in [4.78, 5) is 12.8. The van der Waals surface area contributed by atoms with E-state index in [0.717, 1.165) is 45.7 Å². The van der Waals surface area contributed by atoms with Crippen LogP contribution >= 0.6 is 11.8 Å². The number of aryl methyl sites for hydroxylation is 1. The number of hydrogen-bond donors (Lipinski definition) is 1. The summed E-state index contributed by atoms with van der Waals surface area (Å²) in [5.74, 6) is 1.62. The van der Waals surface area contributed by atoms with Crippen molar-refractivity contribution in [3.63, 3.8) is 0 Å². The van der Waals surface area contributed by atoms with E-state index in [2.05, 4.69) is 21.8 Å². The molecule has 4 aromatic rings. The summed E-state index contributed by atoms with van der Waals surface area (Å²) in [5.41, 5.74) is 3.61. The molecule has 0 saturated carbocycles. The van der Waals surface area contributed by atoms with Gasteiger partial charge in [0.15, 0.2) is 11.5 Å². The fraction of sp³-hybridized carbons (Fsp3) is 0.286. The zero-order valence-electron chi connectivity index (χ0n) is 15.9. The van der Waals surface area contributed by atoms with Crippen LogP contribution in [0.4, 0.5) is 0 Å². The Morgan fingerprint density at radius 3 is 3.04 bits per heavy atom. The Morgan fingerprint density at radius 2 is 2.18 bits per heavy atom. The fourth-order valence-electron chi connectivity index (χ4n) is 3.34. The van der Waals surface area contributed by atoms with Gasteiger partial charge in [-0.25, -0.2) is 0 Å². The van der Waals surface area contributed by atoms with Crippen LogP contribution in [0.2, 0.25) is 0 Å². The molecule has 0 unspecified atom stereocenters. The SMILES string of the molecule is CSCC[C@@H](NC(=O)Cc1coc2cc(C)ccc12)c1nnc2ccccn12. The zero-order valence-corrected chi connectivity index (χ0v) is 16.7. The number of furan rings is 1. The van der Waals surface area contributed by atoms with Gasteiger partial charge >= 0.3 is 0 Å². The summed E-state index contributed by atoms with van der Waals surface area (Å²) in [6.45, 7) is 2.02. The molecule has 1 amide bonds. The van der Waals surface area contributed by atoms with E-state index in [1.165, 1.54) is 0 Å². The van der Waals surface area contributed by atoms with Crippen molar-refractivity contribution < 1.29 is 9.21 Å². The van der Waals surface area contributed by atoms with E-state index in [1.54, 1.807) is 18.0 Å². The minimum absolute atomic E-state index is 0.0536. The minimum Gasteiger partial charge on any atom is -0.464 e. The topological polar surface area (TPSA) is 72.4 Å². The Hall–Kier alpha value is -2.80. The third kappa shape index (κ3) is 3.75. The molecule has 0 aliphatic rings. The largest absolute Gasteiger partial charge is 0.464 e. The number of carbonyl (C=O) groups is 1. The second kappa shape index (κ2) is 8.06. The van der Waals surface area contributed by atoms with Gasteiger partial charge in [0, 0.05) is 17.1 Å². The quantitative estimate of drug-likeness (QED) is 0.514. The van der Waals surface area contributed by atoms with Crippen molar-refractivity contribution in [2.45, 2.75) is 25.8 Å². The first-order valence-electron chi connectivity index (χ1n) is 9.20. The molecule has 1 aromatic carbocycles. The van der Waals surface area contributed by atoms with E-state index >= 15 is 0 Å². The molecule has 0 saturated heterocycles. The van der Waals surface area contributed by atoms with Crippen molar-refractivity contribution in [3.05, 3.63) is 65.8 Å². The number of aromatic nitrogens is 3. The molecule has 6 nitrogen and oxygen atoms in total. The van der Waals surface area contributed by atoms with Gasteiger partial charge in [-0.1, -0.05) is 18.2 Å². The fourth-order valence-corrected chi connectivity index (χ4v) is 3.82. The number of carbonyl (C=O) groups excluding carboxylic acids is 1. The van der Waals surface area contributed by atoms with Gasteiger partial charge in [-0.15, -0.1) is 10.2 Å².